The third-order valence-corrected chi connectivity index (χ3v) is 5.42. The van der Waals surface area contributed by atoms with Crippen LogP contribution in [-0.4, -0.2) is 24.5 Å². The van der Waals surface area contributed by atoms with Crippen molar-refractivity contribution < 1.29 is 13.6 Å². The van der Waals surface area contributed by atoms with Crippen molar-refractivity contribution in [2.45, 2.75) is 13.3 Å². The summed E-state index contributed by atoms with van der Waals surface area (Å²) in [5, 5.41) is 2.67. The topological polar surface area (TPSA) is 58.4 Å². The van der Waals surface area contributed by atoms with Gasteiger partial charge in [-0.1, -0.05) is 0 Å². The SMILES string of the molecule is Cc1cnc(NC(=O)c2cc3c(s2)-c2ccc(F)cc2N(C)CC3)o1. The van der Waals surface area contributed by atoms with E-state index in [2.05, 4.69) is 10.3 Å². The van der Waals surface area contributed by atoms with Gasteiger partial charge in [0.05, 0.1) is 11.1 Å². The van der Waals surface area contributed by atoms with E-state index in [1.165, 1.54) is 17.4 Å². The number of likely N-dealkylation sites (N-methyl/N-ethyl adjacent to an activating group) is 1. The lowest BCUT2D eigenvalue weighted by Gasteiger charge is -2.19. The third kappa shape index (κ3) is 2.91. The number of hydrogen-bond donors (Lipinski definition) is 1. The zero-order valence-electron chi connectivity index (χ0n) is 13.8. The summed E-state index contributed by atoms with van der Waals surface area (Å²) >= 11 is 1.40. The Kier molecular flexibility index (Phi) is 3.80. The van der Waals surface area contributed by atoms with Crippen molar-refractivity contribution in [2.75, 3.05) is 23.8 Å². The van der Waals surface area contributed by atoms with Crippen LogP contribution in [0.1, 0.15) is 21.0 Å². The second kappa shape index (κ2) is 6.00. The van der Waals surface area contributed by atoms with Crippen molar-refractivity contribution in [1.29, 1.82) is 0 Å². The molecule has 2 aromatic heterocycles. The smallest absolute Gasteiger partial charge is 0.301 e. The van der Waals surface area contributed by atoms with Crippen LogP contribution in [-0.2, 0) is 6.42 Å². The molecule has 0 unspecified atom stereocenters. The maximum atomic E-state index is 13.6. The van der Waals surface area contributed by atoms with E-state index in [-0.39, 0.29) is 17.7 Å². The van der Waals surface area contributed by atoms with E-state index >= 15 is 0 Å². The minimum atomic E-state index is -0.261. The third-order valence-electron chi connectivity index (χ3n) is 4.21. The molecule has 0 bridgehead atoms. The Morgan fingerprint density at radius 2 is 2.24 bits per heavy atom. The number of aryl methyl sites for hydroxylation is 1. The molecule has 1 aliphatic heterocycles. The van der Waals surface area contributed by atoms with Gasteiger partial charge in [0, 0.05) is 29.7 Å². The van der Waals surface area contributed by atoms with E-state index in [1.807, 2.05) is 18.0 Å². The lowest BCUT2D eigenvalue weighted by atomic mass is 10.1. The minimum absolute atomic E-state index is 0.188. The highest BCUT2D eigenvalue weighted by Gasteiger charge is 2.23. The highest BCUT2D eigenvalue weighted by molar-refractivity contribution is 7.17. The first kappa shape index (κ1) is 15.8. The maximum absolute atomic E-state index is 13.6. The van der Waals surface area contributed by atoms with Crippen molar-refractivity contribution in [3.63, 3.8) is 0 Å². The molecule has 1 aromatic carbocycles. The molecule has 1 amide bonds. The van der Waals surface area contributed by atoms with Gasteiger partial charge in [0.2, 0.25) is 0 Å². The van der Waals surface area contributed by atoms with Crippen LogP contribution in [0.5, 0.6) is 0 Å². The van der Waals surface area contributed by atoms with E-state index < -0.39 is 0 Å². The van der Waals surface area contributed by atoms with Crippen LogP contribution in [0.15, 0.2) is 34.9 Å². The predicted molar refractivity (Wildman–Crippen MR) is 95.9 cm³/mol. The molecule has 0 spiro atoms. The molecule has 3 aromatic rings. The quantitative estimate of drug-likeness (QED) is 0.750. The second-order valence-corrected chi connectivity index (χ2v) is 7.08. The molecule has 25 heavy (non-hydrogen) atoms. The fourth-order valence-electron chi connectivity index (χ4n) is 2.95. The molecule has 0 aliphatic carbocycles. The number of benzene rings is 1. The second-order valence-electron chi connectivity index (χ2n) is 6.03. The molecule has 4 rings (SSSR count). The number of anilines is 2. The summed E-state index contributed by atoms with van der Waals surface area (Å²) in [5.74, 6) is 0.121. The van der Waals surface area contributed by atoms with Crippen molar-refractivity contribution in [3.8, 4) is 10.4 Å². The summed E-state index contributed by atoms with van der Waals surface area (Å²) < 4.78 is 18.9. The van der Waals surface area contributed by atoms with Crippen LogP contribution in [0.2, 0.25) is 0 Å². The van der Waals surface area contributed by atoms with Gasteiger partial charge in [0.15, 0.2) is 0 Å². The standard InChI is InChI=1S/C18H16FN3O2S/c1-10-9-20-18(24-10)21-17(23)15-7-11-5-6-22(2)14-8-12(19)3-4-13(14)16(11)25-15/h3-4,7-9H,5-6H2,1-2H3,(H,20,21,23). The average Bonchev–Trinajstić information content (AvgIpc) is 3.16. The Hall–Kier alpha value is -2.67. The summed E-state index contributed by atoms with van der Waals surface area (Å²) in [4.78, 5) is 20.1. The van der Waals surface area contributed by atoms with Crippen molar-refractivity contribution in [2.24, 2.45) is 0 Å². The lowest BCUT2D eigenvalue weighted by Crippen LogP contribution is -2.19. The van der Waals surface area contributed by atoms with Crippen LogP contribution >= 0.6 is 11.3 Å². The van der Waals surface area contributed by atoms with E-state index in [4.69, 9.17) is 4.42 Å². The number of amides is 1. The number of nitrogens with one attached hydrogen (secondary N) is 1. The first-order valence-electron chi connectivity index (χ1n) is 7.89. The maximum Gasteiger partial charge on any atom is 0.301 e. The summed E-state index contributed by atoms with van der Waals surface area (Å²) in [5.41, 5.74) is 2.89. The van der Waals surface area contributed by atoms with Crippen LogP contribution in [0.25, 0.3) is 10.4 Å². The zero-order valence-corrected chi connectivity index (χ0v) is 14.6. The number of halogens is 1. The zero-order chi connectivity index (χ0) is 17.6. The first-order valence-corrected chi connectivity index (χ1v) is 8.70. The normalized spacial score (nSPS) is 13.2. The van der Waals surface area contributed by atoms with E-state index in [9.17, 15) is 9.18 Å². The number of nitrogens with zero attached hydrogens (tertiary/aromatic N) is 2. The molecule has 0 radical (unpaired) electrons. The average molecular weight is 357 g/mol. The summed E-state index contributed by atoms with van der Waals surface area (Å²) in [7, 11) is 1.95. The molecule has 0 atom stereocenters. The molecule has 128 valence electrons. The number of carbonyl (C=O) groups excluding carboxylic acids is 1. The van der Waals surface area contributed by atoms with Gasteiger partial charge in [0.25, 0.3) is 5.91 Å². The number of fused-ring (bicyclic) bond motifs is 3. The summed E-state index contributed by atoms with van der Waals surface area (Å²) in [6, 6.07) is 6.86. The number of aromatic nitrogens is 1. The van der Waals surface area contributed by atoms with Gasteiger partial charge >= 0.3 is 6.01 Å². The summed E-state index contributed by atoms with van der Waals surface area (Å²) in [6.45, 7) is 2.53. The van der Waals surface area contributed by atoms with Crippen LogP contribution in [0.3, 0.4) is 0 Å². The molecule has 1 aliphatic rings. The van der Waals surface area contributed by atoms with Crippen molar-refractivity contribution in [3.05, 3.63) is 52.5 Å². The molecule has 0 saturated heterocycles. The van der Waals surface area contributed by atoms with Gasteiger partial charge in [-0.2, -0.15) is 0 Å². The molecule has 0 fully saturated rings. The van der Waals surface area contributed by atoms with E-state index in [1.54, 1.807) is 25.3 Å². The molecule has 7 heteroatoms. The number of hydrogen-bond acceptors (Lipinski definition) is 5. The fraction of sp³-hybridized carbons (Fsp3) is 0.222. The van der Waals surface area contributed by atoms with Crippen LogP contribution in [0.4, 0.5) is 16.1 Å². The van der Waals surface area contributed by atoms with Gasteiger partial charge in [-0.25, -0.2) is 9.37 Å². The van der Waals surface area contributed by atoms with Gasteiger partial charge in [-0.15, -0.1) is 11.3 Å². The minimum Gasteiger partial charge on any atom is -0.429 e. The molecule has 5 nitrogen and oxygen atoms in total. The molecule has 3 heterocycles. The predicted octanol–water partition coefficient (Wildman–Crippen LogP) is 4.10. The molecular weight excluding hydrogens is 341 g/mol. The van der Waals surface area contributed by atoms with E-state index in [0.717, 1.165) is 34.7 Å². The number of oxazole rings is 1. The van der Waals surface area contributed by atoms with Gasteiger partial charge in [0.1, 0.15) is 11.6 Å². The van der Waals surface area contributed by atoms with Crippen LogP contribution < -0.4 is 10.2 Å². The number of rotatable bonds is 2. The van der Waals surface area contributed by atoms with E-state index in [0.29, 0.717) is 10.6 Å². The lowest BCUT2D eigenvalue weighted by molar-refractivity contribution is 0.102. The Bertz CT molecular complexity index is 963. The van der Waals surface area contributed by atoms with Gasteiger partial charge in [-0.05, 0) is 43.2 Å². The highest BCUT2D eigenvalue weighted by atomic mass is 32.1. The van der Waals surface area contributed by atoms with Gasteiger partial charge < -0.3 is 9.32 Å². The molecule has 0 saturated carbocycles. The first-order chi connectivity index (χ1) is 12.0. The molecule has 1 N–H and O–H groups in total. The Labute approximate surface area is 148 Å². The van der Waals surface area contributed by atoms with Crippen LogP contribution in [0, 0.1) is 12.7 Å². The Morgan fingerprint density at radius 1 is 1.40 bits per heavy atom. The summed E-state index contributed by atoms with van der Waals surface area (Å²) in [6.07, 6.45) is 2.35. The Balaban J connectivity index is 1.70. The van der Waals surface area contributed by atoms with Crippen molar-refractivity contribution in [1.82, 2.24) is 4.98 Å². The molecular formula is C18H16FN3O2S. The van der Waals surface area contributed by atoms with Gasteiger partial charge in [-0.3, -0.25) is 10.1 Å². The fourth-order valence-corrected chi connectivity index (χ4v) is 4.09. The number of carbonyl (C=O) groups is 1. The monoisotopic (exact) mass is 357 g/mol. The van der Waals surface area contributed by atoms with Crippen molar-refractivity contribution >= 4 is 28.9 Å². The largest absolute Gasteiger partial charge is 0.429 e. The highest BCUT2D eigenvalue weighted by Crippen LogP contribution is 2.41. The Morgan fingerprint density at radius 3 is 3.00 bits per heavy atom. The number of thiophene rings is 1.